The molecule has 4 rings (SSSR count). The normalized spacial score (nSPS) is 18.7. The molecule has 1 aliphatic heterocycles. The third-order valence-electron chi connectivity index (χ3n) is 5.74. The summed E-state index contributed by atoms with van der Waals surface area (Å²) >= 11 is 6.38. The number of likely N-dealkylation sites (tertiary alicyclic amines) is 1. The number of amides is 1. The molecule has 3 nitrogen and oxygen atoms in total. The van der Waals surface area contributed by atoms with Gasteiger partial charge >= 0.3 is 0 Å². The summed E-state index contributed by atoms with van der Waals surface area (Å²) in [6.07, 6.45) is 4.67. The van der Waals surface area contributed by atoms with Crippen molar-refractivity contribution in [2.45, 2.75) is 37.6 Å². The van der Waals surface area contributed by atoms with Gasteiger partial charge in [0.25, 0.3) is 5.91 Å². The van der Waals surface area contributed by atoms with Crippen molar-refractivity contribution in [3.8, 4) is 0 Å². The minimum Gasteiger partial charge on any atom is -0.351 e. The highest BCUT2D eigenvalue weighted by atomic mass is 35.5. The van der Waals surface area contributed by atoms with E-state index in [0.29, 0.717) is 6.54 Å². The average Bonchev–Trinajstić information content (AvgIpc) is 3.27. The van der Waals surface area contributed by atoms with E-state index < -0.39 is 0 Å². The summed E-state index contributed by atoms with van der Waals surface area (Å²) in [7, 11) is 0. The molecule has 1 saturated heterocycles. The number of benzene rings is 2. The Balaban J connectivity index is 1.45. The summed E-state index contributed by atoms with van der Waals surface area (Å²) in [6, 6.07) is 16.0. The molecule has 136 valence electrons. The van der Waals surface area contributed by atoms with Crippen molar-refractivity contribution < 1.29 is 4.79 Å². The highest BCUT2D eigenvalue weighted by Crippen LogP contribution is 2.49. The highest BCUT2D eigenvalue weighted by Gasteiger charge is 2.45. The average molecular weight is 369 g/mol. The maximum atomic E-state index is 12.9. The number of nitrogens with one attached hydrogen (secondary N) is 1. The predicted molar refractivity (Wildman–Crippen MR) is 106 cm³/mol. The Hall–Kier alpha value is -1.84. The Morgan fingerprint density at radius 2 is 1.73 bits per heavy atom. The van der Waals surface area contributed by atoms with Gasteiger partial charge in [-0.2, -0.15) is 0 Å². The molecule has 0 atom stereocenters. The lowest BCUT2D eigenvalue weighted by Crippen LogP contribution is -2.33. The second kappa shape index (κ2) is 7.42. The largest absolute Gasteiger partial charge is 0.351 e. The lowest BCUT2D eigenvalue weighted by molar-refractivity contribution is 0.0948. The Bertz CT molecular complexity index is 794. The first-order valence-electron chi connectivity index (χ1n) is 9.51. The van der Waals surface area contributed by atoms with Crippen LogP contribution >= 0.6 is 11.6 Å². The highest BCUT2D eigenvalue weighted by molar-refractivity contribution is 6.31. The Morgan fingerprint density at radius 3 is 2.46 bits per heavy atom. The van der Waals surface area contributed by atoms with E-state index in [2.05, 4.69) is 22.3 Å². The number of hydrogen-bond acceptors (Lipinski definition) is 2. The van der Waals surface area contributed by atoms with Crippen LogP contribution in [0.5, 0.6) is 0 Å². The van der Waals surface area contributed by atoms with Crippen LogP contribution < -0.4 is 5.32 Å². The molecular weight excluding hydrogens is 344 g/mol. The van der Waals surface area contributed by atoms with Gasteiger partial charge in [0.05, 0.1) is 0 Å². The SMILES string of the molecule is O=C(NCC1(c2ccccc2Cl)CC1)c1ccccc1CN1CCCC1. The summed E-state index contributed by atoms with van der Waals surface area (Å²) in [5.74, 6) is 0.0260. The van der Waals surface area contributed by atoms with Gasteiger partial charge < -0.3 is 5.32 Å². The van der Waals surface area contributed by atoms with Gasteiger partial charge in [0.1, 0.15) is 0 Å². The summed E-state index contributed by atoms with van der Waals surface area (Å²) in [5.41, 5.74) is 3.09. The number of nitrogens with zero attached hydrogens (tertiary/aromatic N) is 1. The van der Waals surface area contributed by atoms with Crippen molar-refractivity contribution in [1.82, 2.24) is 10.2 Å². The van der Waals surface area contributed by atoms with Gasteiger partial charge in [-0.05, 0) is 62.0 Å². The topological polar surface area (TPSA) is 32.3 Å². The molecule has 2 aromatic carbocycles. The molecule has 0 unspecified atom stereocenters. The monoisotopic (exact) mass is 368 g/mol. The maximum Gasteiger partial charge on any atom is 0.251 e. The zero-order valence-electron chi connectivity index (χ0n) is 15.0. The van der Waals surface area contributed by atoms with Gasteiger partial charge in [0.2, 0.25) is 0 Å². The third kappa shape index (κ3) is 3.65. The summed E-state index contributed by atoms with van der Waals surface area (Å²) in [5, 5.41) is 3.98. The fraction of sp³-hybridized carbons (Fsp3) is 0.409. The van der Waals surface area contributed by atoms with Gasteiger partial charge in [-0.1, -0.05) is 48.0 Å². The molecule has 2 aliphatic rings. The van der Waals surface area contributed by atoms with Gasteiger partial charge in [0.15, 0.2) is 0 Å². The second-order valence-corrected chi connectivity index (χ2v) is 7.99. The quantitative estimate of drug-likeness (QED) is 0.819. The van der Waals surface area contributed by atoms with E-state index in [0.717, 1.165) is 54.2 Å². The Kier molecular flexibility index (Phi) is 5.01. The van der Waals surface area contributed by atoms with Gasteiger partial charge in [-0.15, -0.1) is 0 Å². The second-order valence-electron chi connectivity index (χ2n) is 7.58. The zero-order chi connectivity index (χ0) is 18.0. The van der Waals surface area contributed by atoms with Crippen molar-refractivity contribution in [1.29, 1.82) is 0 Å². The lowest BCUT2D eigenvalue weighted by atomic mass is 9.95. The molecule has 4 heteroatoms. The molecule has 0 bridgehead atoms. The van der Waals surface area contributed by atoms with E-state index in [9.17, 15) is 4.79 Å². The molecule has 1 N–H and O–H groups in total. The van der Waals surface area contributed by atoms with Crippen molar-refractivity contribution in [3.05, 3.63) is 70.2 Å². The lowest BCUT2D eigenvalue weighted by Gasteiger charge is -2.20. The van der Waals surface area contributed by atoms with E-state index >= 15 is 0 Å². The molecule has 1 aliphatic carbocycles. The van der Waals surface area contributed by atoms with Crippen LogP contribution in [0, 0.1) is 0 Å². The molecule has 2 fully saturated rings. The maximum absolute atomic E-state index is 12.9. The molecule has 0 aromatic heterocycles. The van der Waals surface area contributed by atoms with Crippen LogP contribution in [0.4, 0.5) is 0 Å². The van der Waals surface area contributed by atoms with Crippen LogP contribution in [0.3, 0.4) is 0 Å². The molecule has 0 radical (unpaired) electrons. The fourth-order valence-corrected chi connectivity index (χ4v) is 4.33. The molecule has 1 amide bonds. The van der Waals surface area contributed by atoms with E-state index in [1.807, 2.05) is 36.4 Å². The third-order valence-corrected chi connectivity index (χ3v) is 6.07. The molecule has 0 spiro atoms. The molecular formula is C22H25ClN2O. The number of carbonyl (C=O) groups excluding carboxylic acids is 1. The summed E-state index contributed by atoms with van der Waals surface area (Å²) in [4.78, 5) is 15.3. The van der Waals surface area contributed by atoms with Gasteiger partial charge in [-0.25, -0.2) is 0 Å². The van der Waals surface area contributed by atoms with Crippen molar-refractivity contribution in [3.63, 3.8) is 0 Å². The van der Waals surface area contributed by atoms with Crippen LogP contribution in [0.15, 0.2) is 48.5 Å². The first-order valence-corrected chi connectivity index (χ1v) is 9.89. The van der Waals surface area contributed by atoms with Crippen molar-refractivity contribution in [2.75, 3.05) is 19.6 Å². The Morgan fingerprint density at radius 1 is 1.04 bits per heavy atom. The first kappa shape index (κ1) is 17.6. The number of carbonyl (C=O) groups is 1. The van der Waals surface area contributed by atoms with E-state index in [1.54, 1.807) is 0 Å². The van der Waals surface area contributed by atoms with E-state index in [1.165, 1.54) is 12.8 Å². The van der Waals surface area contributed by atoms with Crippen molar-refractivity contribution >= 4 is 17.5 Å². The fourth-order valence-electron chi connectivity index (χ4n) is 3.99. The minimum absolute atomic E-state index is 0.0118. The van der Waals surface area contributed by atoms with Crippen LogP contribution in [0.25, 0.3) is 0 Å². The first-order chi connectivity index (χ1) is 12.7. The van der Waals surface area contributed by atoms with Crippen LogP contribution in [0.2, 0.25) is 5.02 Å². The molecule has 1 heterocycles. The predicted octanol–water partition coefficient (Wildman–Crippen LogP) is 4.40. The summed E-state index contributed by atoms with van der Waals surface area (Å²) in [6.45, 7) is 3.77. The van der Waals surface area contributed by atoms with Gasteiger partial charge in [-0.3, -0.25) is 9.69 Å². The summed E-state index contributed by atoms with van der Waals surface area (Å²) < 4.78 is 0. The number of halogens is 1. The van der Waals surface area contributed by atoms with E-state index in [4.69, 9.17) is 11.6 Å². The Labute approximate surface area is 160 Å². The van der Waals surface area contributed by atoms with Crippen LogP contribution in [0.1, 0.15) is 47.2 Å². The number of rotatable bonds is 6. The zero-order valence-corrected chi connectivity index (χ0v) is 15.8. The minimum atomic E-state index is 0.0118. The molecule has 26 heavy (non-hydrogen) atoms. The van der Waals surface area contributed by atoms with E-state index in [-0.39, 0.29) is 11.3 Å². The molecule has 1 saturated carbocycles. The van der Waals surface area contributed by atoms with Crippen LogP contribution in [-0.4, -0.2) is 30.4 Å². The van der Waals surface area contributed by atoms with Gasteiger partial charge in [0, 0.05) is 29.1 Å². The number of hydrogen-bond donors (Lipinski definition) is 1. The smallest absolute Gasteiger partial charge is 0.251 e. The van der Waals surface area contributed by atoms with Crippen molar-refractivity contribution in [2.24, 2.45) is 0 Å². The molecule has 2 aromatic rings. The van der Waals surface area contributed by atoms with Crippen LogP contribution in [-0.2, 0) is 12.0 Å². The standard InChI is InChI=1S/C22H25ClN2O/c23-20-10-4-3-9-19(20)22(11-12-22)16-24-21(26)18-8-2-1-7-17(18)15-25-13-5-6-14-25/h1-4,7-10H,5-6,11-16H2,(H,24,26).